The van der Waals surface area contributed by atoms with Crippen LogP contribution in [-0.2, 0) is 11.3 Å². The van der Waals surface area contributed by atoms with Crippen molar-refractivity contribution in [2.24, 2.45) is 5.41 Å². The van der Waals surface area contributed by atoms with E-state index in [9.17, 15) is 14.7 Å². The molecular formula is C21H30N2O3S2. The molecule has 28 heavy (non-hydrogen) atoms. The average molecular weight is 423 g/mol. The molecule has 0 fully saturated rings. The number of carboxylic acid groups (broad SMARTS) is 1. The summed E-state index contributed by atoms with van der Waals surface area (Å²) in [6.45, 7) is 6.86. The minimum Gasteiger partial charge on any atom is -0.481 e. The largest absolute Gasteiger partial charge is 0.481 e. The van der Waals surface area contributed by atoms with E-state index in [1.54, 1.807) is 16.1 Å². The topological polar surface area (TPSA) is 69.6 Å². The quantitative estimate of drug-likeness (QED) is 0.421. The fourth-order valence-electron chi connectivity index (χ4n) is 3.62. The summed E-state index contributed by atoms with van der Waals surface area (Å²) in [5, 5.41) is 12.2. The second kappa shape index (κ2) is 9.85. The van der Waals surface area contributed by atoms with Crippen LogP contribution in [0.5, 0.6) is 0 Å². The zero-order valence-corrected chi connectivity index (χ0v) is 18.8. The van der Waals surface area contributed by atoms with Crippen LogP contribution in [0, 0.1) is 12.3 Å². The summed E-state index contributed by atoms with van der Waals surface area (Å²) >= 11 is 5.85. The fraction of sp³-hybridized carbons (Fsp3) is 0.524. The predicted molar refractivity (Wildman–Crippen MR) is 118 cm³/mol. The minimum atomic E-state index is -0.796. The van der Waals surface area contributed by atoms with Crippen LogP contribution in [-0.4, -0.2) is 34.2 Å². The number of allylic oxidation sites excluding steroid dienone is 1. The lowest BCUT2D eigenvalue weighted by Gasteiger charge is -2.32. The van der Waals surface area contributed by atoms with Gasteiger partial charge in [0.15, 0.2) is 0 Å². The number of thiol groups is 1. The molecule has 1 aromatic rings. The lowest BCUT2D eigenvalue weighted by molar-refractivity contribution is -0.136. The molecule has 0 heterocycles. The Kier molecular flexibility index (Phi) is 8.04. The second-order valence-corrected chi connectivity index (χ2v) is 9.91. The summed E-state index contributed by atoms with van der Waals surface area (Å²) in [5.41, 5.74) is 3.68. The van der Waals surface area contributed by atoms with Gasteiger partial charge >= 0.3 is 5.97 Å². The highest BCUT2D eigenvalue weighted by Crippen LogP contribution is 2.43. The van der Waals surface area contributed by atoms with Gasteiger partial charge in [-0.15, -0.1) is 11.8 Å². The van der Waals surface area contributed by atoms with E-state index in [2.05, 4.69) is 32.0 Å². The van der Waals surface area contributed by atoms with Crippen molar-refractivity contribution in [2.45, 2.75) is 53.0 Å². The van der Waals surface area contributed by atoms with E-state index in [0.717, 1.165) is 40.9 Å². The van der Waals surface area contributed by atoms with E-state index in [-0.39, 0.29) is 17.7 Å². The zero-order chi connectivity index (χ0) is 20.9. The first-order valence-corrected chi connectivity index (χ1v) is 10.8. The molecule has 0 bridgehead atoms. The van der Waals surface area contributed by atoms with Crippen molar-refractivity contribution < 1.29 is 14.7 Å². The first kappa shape index (κ1) is 22.8. The van der Waals surface area contributed by atoms with Crippen LogP contribution in [0.4, 0.5) is 0 Å². The van der Waals surface area contributed by atoms with Crippen LogP contribution in [0.3, 0.4) is 0 Å². The molecule has 0 radical (unpaired) electrons. The third-order valence-corrected chi connectivity index (χ3v) is 6.22. The molecule has 5 nitrogen and oxygen atoms in total. The summed E-state index contributed by atoms with van der Waals surface area (Å²) in [6, 6.07) is 5.82. The normalized spacial score (nSPS) is 16.4. The molecule has 1 aliphatic carbocycles. The van der Waals surface area contributed by atoms with Gasteiger partial charge in [0, 0.05) is 12.1 Å². The molecular weight excluding hydrogens is 392 g/mol. The number of rotatable bonds is 8. The third-order valence-electron chi connectivity index (χ3n) is 4.94. The standard InChI is InChI=1S/C21H30N2O3S2/c1-14-6-5-7-15(12-23(4)27)19(14)20(26)22-13-28-17-8-9-21(2,3)11-16(17)10-18(24)25/h5-7,27H,8-13H2,1-4H3,(H,22,26)(H,24,25). The van der Waals surface area contributed by atoms with Gasteiger partial charge in [0.1, 0.15) is 0 Å². The van der Waals surface area contributed by atoms with Crippen molar-refractivity contribution in [3.63, 3.8) is 0 Å². The van der Waals surface area contributed by atoms with Crippen molar-refractivity contribution in [3.8, 4) is 0 Å². The molecule has 2 rings (SSSR count). The number of nitrogens with zero attached hydrogens (tertiary/aromatic N) is 1. The Morgan fingerprint density at radius 3 is 2.71 bits per heavy atom. The van der Waals surface area contributed by atoms with E-state index in [0.29, 0.717) is 18.0 Å². The predicted octanol–water partition coefficient (Wildman–Crippen LogP) is 4.63. The number of carbonyl (C=O) groups is 2. The minimum absolute atomic E-state index is 0.0793. The van der Waals surface area contributed by atoms with Crippen LogP contribution >= 0.6 is 24.6 Å². The molecule has 0 atom stereocenters. The highest BCUT2D eigenvalue weighted by Gasteiger charge is 2.28. The zero-order valence-electron chi connectivity index (χ0n) is 17.0. The first-order valence-electron chi connectivity index (χ1n) is 9.41. The Morgan fingerprint density at radius 2 is 2.07 bits per heavy atom. The number of carbonyl (C=O) groups excluding carboxylic acids is 1. The van der Waals surface area contributed by atoms with Gasteiger partial charge in [0.05, 0.1) is 12.3 Å². The molecule has 7 heteroatoms. The lowest BCUT2D eigenvalue weighted by atomic mass is 9.76. The van der Waals surface area contributed by atoms with Crippen LogP contribution in [0.2, 0.25) is 0 Å². The Balaban J connectivity index is 2.07. The Hall–Kier alpha value is -1.44. The number of aliphatic carboxylic acids is 1. The molecule has 1 amide bonds. The average Bonchev–Trinajstić information content (AvgIpc) is 2.55. The number of aryl methyl sites for hydroxylation is 1. The van der Waals surface area contributed by atoms with Crippen molar-refractivity contribution in [1.82, 2.24) is 9.62 Å². The molecule has 0 spiro atoms. The maximum atomic E-state index is 12.8. The number of hydrogen-bond acceptors (Lipinski definition) is 5. The molecule has 0 unspecified atom stereocenters. The highest BCUT2D eigenvalue weighted by molar-refractivity contribution is 8.03. The van der Waals surface area contributed by atoms with E-state index >= 15 is 0 Å². The number of hydrogen-bond donors (Lipinski definition) is 3. The Labute approximate surface area is 177 Å². The van der Waals surface area contributed by atoms with Crippen molar-refractivity contribution in [3.05, 3.63) is 45.4 Å². The second-order valence-electron chi connectivity index (χ2n) is 8.16. The molecule has 0 aromatic heterocycles. The summed E-state index contributed by atoms with van der Waals surface area (Å²) in [6.07, 6.45) is 2.78. The summed E-state index contributed by atoms with van der Waals surface area (Å²) in [7, 11) is 1.85. The number of amides is 1. The maximum absolute atomic E-state index is 12.8. The Morgan fingerprint density at radius 1 is 1.36 bits per heavy atom. The monoisotopic (exact) mass is 422 g/mol. The van der Waals surface area contributed by atoms with Crippen molar-refractivity contribution >= 4 is 36.5 Å². The van der Waals surface area contributed by atoms with Gasteiger partial charge in [-0.05, 0) is 60.3 Å². The smallest absolute Gasteiger partial charge is 0.307 e. The molecule has 1 aliphatic rings. The van der Waals surface area contributed by atoms with Crippen LogP contribution in [0.25, 0.3) is 0 Å². The number of carboxylic acids is 1. The van der Waals surface area contributed by atoms with Crippen LogP contribution < -0.4 is 5.32 Å². The van der Waals surface area contributed by atoms with E-state index in [1.807, 2.05) is 32.2 Å². The molecule has 0 saturated heterocycles. The van der Waals surface area contributed by atoms with Crippen LogP contribution in [0.15, 0.2) is 28.7 Å². The summed E-state index contributed by atoms with van der Waals surface area (Å²) in [5.74, 6) is -0.468. The molecule has 0 saturated carbocycles. The number of thioether (sulfide) groups is 1. The van der Waals surface area contributed by atoms with Gasteiger partial charge in [-0.3, -0.25) is 13.9 Å². The lowest BCUT2D eigenvalue weighted by Crippen LogP contribution is -2.26. The first-order chi connectivity index (χ1) is 13.1. The number of nitrogens with one attached hydrogen (secondary N) is 1. The summed E-state index contributed by atoms with van der Waals surface area (Å²) < 4.78 is 1.74. The SMILES string of the molecule is Cc1cccc(CN(C)S)c1C(=O)NCSC1=C(CC(=O)O)CC(C)(C)CC1. The van der Waals surface area contributed by atoms with E-state index in [4.69, 9.17) is 0 Å². The molecule has 2 N–H and O–H groups in total. The van der Waals surface area contributed by atoms with Gasteiger partial charge in [-0.1, -0.05) is 44.9 Å². The maximum Gasteiger partial charge on any atom is 0.307 e. The van der Waals surface area contributed by atoms with Gasteiger partial charge in [-0.25, -0.2) is 0 Å². The van der Waals surface area contributed by atoms with Gasteiger partial charge in [0.2, 0.25) is 0 Å². The van der Waals surface area contributed by atoms with Gasteiger partial charge in [-0.2, -0.15) is 0 Å². The Bertz CT molecular complexity index is 773. The third kappa shape index (κ3) is 6.57. The molecule has 154 valence electrons. The van der Waals surface area contributed by atoms with Gasteiger partial charge in [0.25, 0.3) is 5.91 Å². The van der Waals surface area contributed by atoms with Crippen LogP contribution in [0.1, 0.15) is 61.0 Å². The van der Waals surface area contributed by atoms with E-state index < -0.39 is 5.97 Å². The number of benzene rings is 1. The van der Waals surface area contributed by atoms with Gasteiger partial charge < -0.3 is 10.4 Å². The highest BCUT2D eigenvalue weighted by atomic mass is 32.2. The molecule has 1 aromatic carbocycles. The van der Waals surface area contributed by atoms with E-state index in [1.165, 1.54) is 0 Å². The molecule has 0 aliphatic heterocycles. The fourth-order valence-corrected chi connectivity index (χ4v) is 4.74. The van der Waals surface area contributed by atoms with Crippen molar-refractivity contribution in [2.75, 3.05) is 12.9 Å². The summed E-state index contributed by atoms with van der Waals surface area (Å²) in [4.78, 5) is 25.1. The van der Waals surface area contributed by atoms with Crippen molar-refractivity contribution in [1.29, 1.82) is 0 Å².